The standard InChI is InChI=1S/C22H31N3O4S2/c1-5-18-8-6-7-15-25(18)22-14-9-17(2)16-21(22)23-30(26,27)19-10-12-20(13-11-19)31(28,29)24(3)4/h9-14,16,18,23H,5-8,15H2,1-4H3. The Morgan fingerprint density at radius 3 is 2.26 bits per heavy atom. The van der Waals surface area contributed by atoms with Crippen molar-refractivity contribution in [3.63, 3.8) is 0 Å². The maximum Gasteiger partial charge on any atom is 0.261 e. The van der Waals surface area contributed by atoms with Crippen LogP contribution in [0.1, 0.15) is 38.2 Å². The molecular formula is C22H31N3O4S2. The predicted octanol–water partition coefficient (Wildman–Crippen LogP) is 3.82. The molecule has 1 atom stereocenters. The smallest absolute Gasteiger partial charge is 0.261 e. The minimum Gasteiger partial charge on any atom is -0.367 e. The van der Waals surface area contributed by atoms with Gasteiger partial charge in [-0.3, -0.25) is 4.72 Å². The van der Waals surface area contributed by atoms with E-state index in [0.717, 1.165) is 41.4 Å². The number of anilines is 2. The van der Waals surface area contributed by atoms with Gasteiger partial charge in [-0.1, -0.05) is 13.0 Å². The molecule has 1 aliphatic rings. The van der Waals surface area contributed by atoms with E-state index in [2.05, 4.69) is 16.5 Å². The number of aryl methyl sites for hydroxylation is 1. The Kier molecular flexibility index (Phi) is 6.98. The van der Waals surface area contributed by atoms with E-state index in [4.69, 9.17) is 0 Å². The summed E-state index contributed by atoms with van der Waals surface area (Å²) < 4.78 is 54.6. The fourth-order valence-electron chi connectivity index (χ4n) is 3.93. The van der Waals surface area contributed by atoms with E-state index in [0.29, 0.717) is 11.7 Å². The second-order valence-corrected chi connectivity index (χ2v) is 12.0. The molecule has 1 fully saturated rings. The van der Waals surface area contributed by atoms with Crippen LogP contribution in [0, 0.1) is 6.92 Å². The second-order valence-electron chi connectivity index (χ2n) is 8.14. The summed E-state index contributed by atoms with van der Waals surface area (Å²) >= 11 is 0. The van der Waals surface area contributed by atoms with Crippen molar-refractivity contribution in [3.05, 3.63) is 48.0 Å². The summed E-state index contributed by atoms with van der Waals surface area (Å²) in [4.78, 5) is 2.36. The topological polar surface area (TPSA) is 86.8 Å². The fraction of sp³-hybridized carbons (Fsp3) is 0.455. The van der Waals surface area contributed by atoms with Gasteiger partial charge in [-0.25, -0.2) is 21.1 Å². The lowest BCUT2D eigenvalue weighted by molar-refractivity contribution is 0.450. The number of hydrogen-bond acceptors (Lipinski definition) is 5. The molecule has 2 aromatic rings. The molecule has 0 spiro atoms. The van der Waals surface area contributed by atoms with Gasteiger partial charge in [0.15, 0.2) is 0 Å². The molecule has 9 heteroatoms. The molecule has 0 saturated carbocycles. The number of hydrogen-bond donors (Lipinski definition) is 1. The predicted molar refractivity (Wildman–Crippen MR) is 125 cm³/mol. The van der Waals surface area contributed by atoms with E-state index in [1.165, 1.54) is 44.8 Å². The van der Waals surface area contributed by atoms with Crippen molar-refractivity contribution < 1.29 is 16.8 Å². The van der Waals surface area contributed by atoms with Crippen molar-refractivity contribution in [2.45, 2.75) is 55.4 Å². The third-order valence-corrected chi connectivity index (χ3v) is 8.93. The highest BCUT2D eigenvalue weighted by molar-refractivity contribution is 7.92. The number of rotatable bonds is 7. The van der Waals surface area contributed by atoms with E-state index >= 15 is 0 Å². The molecule has 0 bridgehead atoms. The third-order valence-electron chi connectivity index (χ3n) is 5.72. The first-order valence-electron chi connectivity index (χ1n) is 10.5. The van der Waals surface area contributed by atoms with E-state index in [9.17, 15) is 16.8 Å². The highest BCUT2D eigenvalue weighted by atomic mass is 32.2. The van der Waals surface area contributed by atoms with Gasteiger partial charge in [0.2, 0.25) is 10.0 Å². The van der Waals surface area contributed by atoms with E-state index in [-0.39, 0.29) is 9.79 Å². The molecule has 0 radical (unpaired) electrons. The van der Waals surface area contributed by atoms with Gasteiger partial charge in [0.05, 0.1) is 21.2 Å². The molecule has 0 amide bonds. The minimum atomic E-state index is -3.88. The van der Waals surface area contributed by atoms with Crippen LogP contribution < -0.4 is 9.62 Å². The zero-order chi connectivity index (χ0) is 22.8. The largest absolute Gasteiger partial charge is 0.367 e. The van der Waals surface area contributed by atoms with E-state index in [1.54, 1.807) is 0 Å². The molecule has 0 aromatic heterocycles. The van der Waals surface area contributed by atoms with Gasteiger partial charge in [0, 0.05) is 26.7 Å². The summed E-state index contributed by atoms with van der Waals surface area (Å²) in [5.74, 6) is 0. The fourth-order valence-corrected chi connectivity index (χ4v) is 5.90. The van der Waals surface area contributed by atoms with Crippen LogP contribution in [0.3, 0.4) is 0 Å². The molecular weight excluding hydrogens is 434 g/mol. The second kappa shape index (κ2) is 9.18. The van der Waals surface area contributed by atoms with Crippen LogP contribution in [-0.2, 0) is 20.0 Å². The molecule has 1 saturated heterocycles. The number of piperidine rings is 1. The molecule has 31 heavy (non-hydrogen) atoms. The van der Waals surface area contributed by atoms with Crippen molar-refractivity contribution >= 4 is 31.4 Å². The first-order chi connectivity index (χ1) is 14.6. The summed E-state index contributed by atoms with van der Waals surface area (Å²) in [6, 6.07) is 11.5. The SMILES string of the molecule is CCC1CCCCN1c1ccc(C)cc1NS(=O)(=O)c1ccc(S(=O)(=O)N(C)C)cc1. The van der Waals surface area contributed by atoms with Gasteiger partial charge in [-0.2, -0.15) is 0 Å². The van der Waals surface area contributed by atoms with Crippen LogP contribution in [0.5, 0.6) is 0 Å². The lowest BCUT2D eigenvalue weighted by atomic mass is 9.98. The maximum atomic E-state index is 13.1. The Labute approximate surface area is 186 Å². The summed E-state index contributed by atoms with van der Waals surface area (Å²) in [5, 5.41) is 0. The maximum absolute atomic E-state index is 13.1. The Hall–Kier alpha value is -2.10. The Bertz CT molecular complexity index is 1130. The molecule has 170 valence electrons. The molecule has 1 unspecified atom stereocenters. The average Bonchev–Trinajstić information content (AvgIpc) is 2.73. The summed E-state index contributed by atoms with van der Waals surface area (Å²) in [6.45, 7) is 4.98. The number of benzene rings is 2. The number of nitrogens with one attached hydrogen (secondary N) is 1. The van der Waals surface area contributed by atoms with Crippen molar-refractivity contribution in [2.75, 3.05) is 30.3 Å². The van der Waals surface area contributed by atoms with Gasteiger partial charge in [0.25, 0.3) is 10.0 Å². The van der Waals surface area contributed by atoms with Crippen LogP contribution in [-0.4, -0.2) is 47.8 Å². The first kappa shape index (κ1) is 23.6. The van der Waals surface area contributed by atoms with Crippen LogP contribution >= 0.6 is 0 Å². The monoisotopic (exact) mass is 465 g/mol. The van der Waals surface area contributed by atoms with Crippen molar-refractivity contribution in [1.29, 1.82) is 0 Å². The first-order valence-corrected chi connectivity index (χ1v) is 13.4. The van der Waals surface area contributed by atoms with Crippen LogP contribution in [0.2, 0.25) is 0 Å². The summed E-state index contributed by atoms with van der Waals surface area (Å²) in [6.07, 6.45) is 4.36. The van der Waals surface area contributed by atoms with Crippen LogP contribution in [0.15, 0.2) is 52.3 Å². The highest BCUT2D eigenvalue weighted by Crippen LogP contribution is 2.34. The van der Waals surface area contributed by atoms with E-state index in [1.807, 2.05) is 25.1 Å². The zero-order valence-corrected chi connectivity index (χ0v) is 20.1. The van der Waals surface area contributed by atoms with Crippen LogP contribution in [0.4, 0.5) is 11.4 Å². The van der Waals surface area contributed by atoms with Gasteiger partial charge in [-0.15, -0.1) is 0 Å². The lowest BCUT2D eigenvalue weighted by Crippen LogP contribution is -2.39. The quantitative estimate of drug-likeness (QED) is 0.672. The molecule has 0 aliphatic carbocycles. The lowest BCUT2D eigenvalue weighted by Gasteiger charge is -2.38. The Morgan fingerprint density at radius 2 is 1.65 bits per heavy atom. The highest BCUT2D eigenvalue weighted by Gasteiger charge is 2.25. The molecule has 1 N–H and O–H groups in total. The van der Waals surface area contributed by atoms with Gasteiger partial charge in [-0.05, 0) is 74.6 Å². The molecule has 1 heterocycles. The van der Waals surface area contributed by atoms with Gasteiger partial charge in [0.1, 0.15) is 0 Å². The average molecular weight is 466 g/mol. The van der Waals surface area contributed by atoms with Crippen LogP contribution in [0.25, 0.3) is 0 Å². The Balaban J connectivity index is 1.94. The van der Waals surface area contributed by atoms with Gasteiger partial charge < -0.3 is 4.90 Å². The normalized spacial score (nSPS) is 17.7. The summed E-state index contributed by atoms with van der Waals surface area (Å²) in [5.41, 5.74) is 2.39. The van der Waals surface area contributed by atoms with Crippen molar-refractivity contribution in [1.82, 2.24) is 4.31 Å². The molecule has 1 aliphatic heterocycles. The molecule has 3 rings (SSSR count). The van der Waals surface area contributed by atoms with Crippen molar-refractivity contribution in [3.8, 4) is 0 Å². The molecule has 7 nitrogen and oxygen atoms in total. The van der Waals surface area contributed by atoms with Crippen molar-refractivity contribution in [2.24, 2.45) is 0 Å². The number of sulfonamides is 2. The van der Waals surface area contributed by atoms with Gasteiger partial charge >= 0.3 is 0 Å². The Morgan fingerprint density at radius 1 is 1.00 bits per heavy atom. The van der Waals surface area contributed by atoms with E-state index < -0.39 is 20.0 Å². The number of nitrogens with zero attached hydrogens (tertiary/aromatic N) is 2. The summed E-state index contributed by atoms with van der Waals surface area (Å²) in [7, 11) is -4.63. The minimum absolute atomic E-state index is 0.0170. The third kappa shape index (κ3) is 5.05. The zero-order valence-electron chi connectivity index (χ0n) is 18.5. The molecule has 2 aromatic carbocycles.